The van der Waals surface area contributed by atoms with E-state index in [1.54, 1.807) is 0 Å². The number of benzene rings is 1. The zero-order valence-electron chi connectivity index (χ0n) is 7.75. The lowest BCUT2D eigenvalue weighted by Gasteiger charge is -2.18. The Morgan fingerprint density at radius 3 is 3.20 bits per heavy atom. The van der Waals surface area contributed by atoms with Crippen LogP contribution in [0.15, 0.2) is 23.2 Å². The molecule has 2 amide bonds. The number of hydrogen-bond acceptors (Lipinski definition) is 2. The number of carbonyl (C=O) groups excluding carboxylic acids is 1. The van der Waals surface area contributed by atoms with Gasteiger partial charge in [-0.1, -0.05) is 17.7 Å². The van der Waals surface area contributed by atoms with E-state index in [4.69, 9.17) is 11.6 Å². The fourth-order valence-corrected chi connectivity index (χ4v) is 2.15. The summed E-state index contributed by atoms with van der Waals surface area (Å²) in [7, 11) is 0. The number of aliphatic imine (C=N–C) groups is 1. The standard InChI is InChI=1S/C10H8ClN3O/c11-6-2-1-3-7-5(6)4-8-9(12-7)14-10(15)13-8/h1-3,8H,4H2,(H2,12,13,14,15). The lowest BCUT2D eigenvalue weighted by Crippen LogP contribution is -2.33. The molecule has 0 bridgehead atoms. The smallest absolute Gasteiger partial charge is 0.320 e. The van der Waals surface area contributed by atoms with Crippen molar-refractivity contribution in [2.24, 2.45) is 4.99 Å². The van der Waals surface area contributed by atoms with Crippen LogP contribution >= 0.6 is 11.6 Å². The minimum absolute atomic E-state index is 0.0510. The molecule has 0 spiro atoms. The molecule has 1 aromatic rings. The first-order valence-corrected chi connectivity index (χ1v) is 5.05. The number of carbonyl (C=O) groups is 1. The molecule has 0 radical (unpaired) electrons. The second-order valence-corrected chi connectivity index (χ2v) is 4.00. The number of nitrogens with zero attached hydrogens (tertiary/aromatic N) is 1. The summed E-state index contributed by atoms with van der Waals surface area (Å²) in [6, 6.07) is 5.35. The molecule has 3 rings (SSSR count). The summed E-state index contributed by atoms with van der Waals surface area (Å²) in [5, 5.41) is 6.16. The third-order valence-corrected chi connectivity index (χ3v) is 2.97. The number of halogens is 1. The molecule has 4 nitrogen and oxygen atoms in total. The van der Waals surface area contributed by atoms with Gasteiger partial charge in [-0.25, -0.2) is 9.79 Å². The minimum atomic E-state index is -0.192. The fraction of sp³-hybridized carbons (Fsp3) is 0.200. The molecule has 2 N–H and O–H groups in total. The zero-order chi connectivity index (χ0) is 10.4. The quantitative estimate of drug-likeness (QED) is 0.687. The number of rotatable bonds is 0. The molecule has 76 valence electrons. The van der Waals surface area contributed by atoms with E-state index in [1.165, 1.54) is 0 Å². The molecule has 0 aromatic heterocycles. The summed E-state index contributed by atoms with van der Waals surface area (Å²) in [6.07, 6.45) is 0.701. The second kappa shape index (κ2) is 2.97. The molecular weight excluding hydrogens is 214 g/mol. The van der Waals surface area contributed by atoms with E-state index in [-0.39, 0.29) is 12.1 Å². The predicted octanol–water partition coefficient (Wildman–Crippen LogP) is 1.61. The van der Waals surface area contributed by atoms with Gasteiger partial charge in [-0.05, 0) is 17.7 Å². The second-order valence-electron chi connectivity index (χ2n) is 3.59. The van der Waals surface area contributed by atoms with E-state index in [0.717, 1.165) is 11.3 Å². The lowest BCUT2D eigenvalue weighted by atomic mass is 10.0. The number of nitrogens with one attached hydrogen (secondary N) is 2. The average Bonchev–Trinajstić information content (AvgIpc) is 2.55. The van der Waals surface area contributed by atoms with Crippen LogP contribution in [0.2, 0.25) is 5.02 Å². The summed E-state index contributed by atoms with van der Waals surface area (Å²) >= 11 is 6.07. The van der Waals surface area contributed by atoms with Gasteiger partial charge in [0, 0.05) is 11.4 Å². The van der Waals surface area contributed by atoms with Crippen LogP contribution in [0.25, 0.3) is 0 Å². The Hall–Kier alpha value is -1.55. The topological polar surface area (TPSA) is 53.5 Å². The molecule has 2 aliphatic heterocycles. The maximum absolute atomic E-state index is 11.1. The number of urea groups is 1. The normalized spacial score (nSPS) is 22.3. The molecule has 15 heavy (non-hydrogen) atoms. The van der Waals surface area contributed by atoms with Crippen LogP contribution in [0, 0.1) is 0 Å². The number of amides is 2. The Kier molecular flexibility index (Phi) is 1.73. The van der Waals surface area contributed by atoms with Gasteiger partial charge in [0.05, 0.1) is 11.7 Å². The van der Waals surface area contributed by atoms with Crippen molar-refractivity contribution in [3.8, 4) is 0 Å². The Labute approximate surface area is 91.3 Å². The molecular formula is C10H8ClN3O. The maximum Gasteiger partial charge on any atom is 0.320 e. The molecule has 1 atom stereocenters. The largest absolute Gasteiger partial charge is 0.328 e. The van der Waals surface area contributed by atoms with Gasteiger partial charge in [0.15, 0.2) is 0 Å². The minimum Gasteiger partial charge on any atom is -0.328 e. The van der Waals surface area contributed by atoms with E-state index >= 15 is 0 Å². The fourth-order valence-electron chi connectivity index (χ4n) is 1.91. The van der Waals surface area contributed by atoms with E-state index in [2.05, 4.69) is 15.6 Å². The Morgan fingerprint density at radius 1 is 1.47 bits per heavy atom. The highest BCUT2D eigenvalue weighted by Crippen LogP contribution is 2.31. The van der Waals surface area contributed by atoms with Gasteiger partial charge in [0.2, 0.25) is 0 Å². The molecule has 0 saturated carbocycles. The van der Waals surface area contributed by atoms with Gasteiger partial charge in [0.1, 0.15) is 5.84 Å². The van der Waals surface area contributed by atoms with Crippen molar-refractivity contribution in [1.82, 2.24) is 10.6 Å². The van der Waals surface area contributed by atoms with Gasteiger partial charge >= 0.3 is 6.03 Å². The van der Waals surface area contributed by atoms with Crippen LogP contribution in [-0.4, -0.2) is 17.9 Å². The van der Waals surface area contributed by atoms with E-state index < -0.39 is 0 Å². The summed E-state index contributed by atoms with van der Waals surface area (Å²) in [4.78, 5) is 15.5. The van der Waals surface area contributed by atoms with Gasteiger partial charge < -0.3 is 5.32 Å². The van der Waals surface area contributed by atoms with Crippen molar-refractivity contribution < 1.29 is 4.79 Å². The first-order chi connectivity index (χ1) is 7.24. The van der Waals surface area contributed by atoms with E-state index in [9.17, 15) is 4.79 Å². The highest BCUT2D eigenvalue weighted by atomic mass is 35.5. The third-order valence-electron chi connectivity index (χ3n) is 2.62. The van der Waals surface area contributed by atoms with Crippen LogP contribution in [0.1, 0.15) is 5.56 Å². The van der Waals surface area contributed by atoms with Crippen molar-refractivity contribution >= 4 is 29.2 Å². The zero-order valence-corrected chi connectivity index (χ0v) is 8.51. The van der Waals surface area contributed by atoms with Gasteiger partial charge in [0.25, 0.3) is 0 Å². The van der Waals surface area contributed by atoms with Gasteiger partial charge in [-0.15, -0.1) is 0 Å². The number of hydrogen-bond donors (Lipinski definition) is 2. The van der Waals surface area contributed by atoms with Crippen LogP contribution < -0.4 is 10.6 Å². The average molecular weight is 222 g/mol. The lowest BCUT2D eigenvalue weighted by molar-refractivity contribution is 0.248. The molecule has 0 aliphatic carbocycles. The van der Waals surface area contributed by atoms with Crippen molar-refractivity contribution in [3.05, 3.63) is 28.8 Å². The highest BCUT2D eigenvalue weighted by Gasteiger charge is 2.32. The molecule has 5 heteroatoms. The van der Waals surface area contributed by atoms with E-state index in [0.29, 0.717) is 17.3 Å². The Morgan fingerprint density at radius 2 is 2.33 bits per heavy atom. The summed E-state index contributed by atoms with van der Waals surface area (Å²) in [5.74, 6) is 0.690. The van der Waals surface area contributed by atoms with Crippen LogP contribution in [0.4, 0.5) is 10.5 Å². The van der Waals surface area contributed by atoms with Crippen LogP contribution in [0.3, 0.4) is 0 Å². The van der Waals surface area contributed by atoms with E-state index in [1.807, 2.05) is 18.2 Å². The number of fused-ring (bicyclic) bond motifs is 2. The molecule has 2 heterocycles. The van der Waals surface area contributed by atoms with Gasteiger partial charge in [-0.3, -0.25) is 5.32 Å². The predicted molar refractivity (Wildman–Crippen MR) is 57.7 cm³/mol. The highest BCUT2D eigenvalue weighted by molar-refractivity contribution is 6.32. The Balaban J connectivity index is 2.10. The van der Waals surface area contributed by atoms with Crippen LogP contribution in [0.5, 0.6) is 0 Å². The van der Waals surface area contributed by atoms with Crippen LogP contribution in [-0.2, 0) is 6.42 Å². The summed E-state index contributed by atoms with van der Waals surface area (Å²) in [5.41, 5.74) is 1.84. The third kappa shape index (κ3) is 1.29. The van der Waals surface area contributed by atoms with Crippen molar-refractivity contribution in [1.29, 1.82) is 0 Å². The van der Waals surface area contributed by atoms with Crippen molar-refractivity contribution in [2.75, 3.05) is 0 Å². The molecule has 1 unspecified atom stereocenters. The molecule has 2 aliphatic rings. The summed E-state index contributed by atoms with van der Waals surface area (Å²) < 4.78 is 0. The van der Waals surface area contributed by atoms with Crippen molar-refractivity contribution in [3.63, 3.8) is 0 Å². The molecule has 1 saturated heterocycles. The summed E-state index contributed by atoms with van der Waals surface area (Å²) in [6.45, 7) is 0. The Bertz CT molecular complexity index is 484. The first kappa shape index (κ1) is 8.73. The first-order valence-electron chi connectivity index (χ1n) is 4.67. The monoisotopic (exact) mass is 221 g/mol. The maximum atomic E-state index is 11.1. The van der Waals surface area contributed by atoms with Crippen molar-refractivity contribution in [2.45, 2.75) is 12.5 Å². The molecule has 1 fully saturated rings. The van der Waals surface area contributed by atoms with Gasteiger partial charge in [-0.2, -0.15) is 0 Å². The SMILES string of the molecule is O=C1NC2=Nc3cccc(Cl)c3CC2N1. The molecule has 1 aromatic carbocycles. The number of amidine groups is 1.